The van der Waals surface area contributed by atoms with Crippen LogP contribution in [0.5, 0.6) is 0 Å². The first-order valence-corrected chi connectivity index (χ1v) is 5.33. The Morgan fingerprint density at radius 3 is 2.88 bits per heavy atom. The molecule has 2 N–H and O–H groups in total. The number of aliphatic carboxylic acids is 1. The number of H-pyrrole nitrogens is 1. The molecule has 0 saturated carbocycles. The van der Waals surface area contributed by atoms with Gasteiger partial charge in [-0.2, -0.15) is 5.10 Å². The van der Waals surface area contributed by atoms with Crippen LogP contribution in [0.25, 0.3) is 10.9 Å². The quantitative estimate of drug-likeness (QED) is 0.622. The SMILES string of the molecule is CCC(C(=O)O)C(=O)c1ccc2[nH]ncc2c1. The van der Waals surface area contributed by atoms with Crippen LogP contribution in [-0.2, 0) is 4.79 Å². The standard InChI is InChI=1S/C12H12N2O3/c1-2-9(12(16)17)11(15)7-3-4-10-8(5-7)6-13-14-10/h3-6,9H,2H2,1H3,(H,13,14)(H,16,17). The molecule has 1 aromatic carbocycles. The Bertz CT molecular complexity index is 574. The molecule has 1 heterocycles. The Balaban J connectivity index is 2.38. The number of benzene rings is 1. The Kier molecular flexibility index (Phi) is 2.91. The summed E-state index contributed by atoms with van der Waals surface area (Å²) in [6, 6.07) is 5.01. The van der Waals surface area contributed by atoms with E-state index in [9.17, 15) is 9.59 Å². The molecular weight excluding hydrogens is 220 g/mol. The molecule has 0 saturated heterocycles. The number of Topliss-reactive ketones (excluding diaryl/α,β-unsaturated/α-hetero) is 1. The molecule has 1 unspecified atom stereocenters. The summed E-state index contributed by atoms with van der Waals surface area (Å²) in [6.07, 6.45) is 1.89. The van der Waals surface area contributed by atoms with E-state index in [4.69, 9.17) is 5.11 Å². The van der Waals surface area contributed by atoms with Gasteiger partial charge in [-0.05, 0) is 24.6 Å². The molecule has 0 radical (unpaired) electrons. The number of carboxylic acid groups (broad SMARTS) is 1. The van der Waals surface area contributed by atoms with Crippen LogP contribution in [0.1, 0.15) is 23.7 Å². The summed E-state index contributed by atoms with van der Waals surface area (Å²) in [5, 5.41) is 16.4. The minimum absolute atomic E-state index is 0.289. The minimum Gasteiger partial charge on any atom is -0.481 e. The number of carbonyl (C=O) groups is 2. The number of hydrogen-bond acceptors (Lipinski definition) is 3. The number of carbonyl (C=O) groups excluding carboxylic acids is 1. The van der Waals surface area contributed by atoms with Gasteiger partial charge in [0.25, 0.3) is 0 Å². The fourth-order valence-corrected chi connectivity index (χ4v) is 1.77. The number of fused-ring (bicyclic) bond motifs is 1. The van der Waals surface area contributed by atoms with Crippen LogP contribution in [-0.4, -0.2) is 27.1 Å². The molecule has 5 nitrogen and oxygen atoms in total. The van der Waals surface area contributed by atoms with Gasteiger partial charge in [0.15, 0.2) is 5.78 Å². The molecule has 5 heteroatoms. The monoisotopic (exact) mass is 232 g/mol. The molecule has 1 aromatic heterocycles. The van der Waals surface area contributed by atoms with Gasteiger partial charge in [0.1, 0.15) is 5.92 Å². The van der Waals surface area contributed by atoms with Crippen molar-refractivity contribution >= 4 is 22.7 Å². The Morgan fingerprint density at radius 2 is 2.24 bits per heavy atom. The topological polar surface area (TPSA) is 83.0 Å². The van der Waals surface area contributed by atoms with Gasteiger partial charge in [-0.25, -0.2) is 0 Å². The van der Waals surface area contributed by atoms with Crippen molar-refractivity contribution in [3.05, 3.63) is 30.0 Å². The number of ketones is 1. The number of nitrogens with one attached hydrogen (secondary N) is 1. The second kappa shape index (κ2) is 4.37. The second-order valence-electron chi connectivity index (χ2n) is 3.84. The first-order chi connectivity index (χ1) is 8.13. The van der Waals surface area contributed by atoms with E-state index in [-0.39, 0.29) is 12.2 Å². The third-order valence-electron chi connectivity index (χ3n) is 2.75. The predicted molar refractivity (Wildman–Crippen MR) is 61.8 cm³/mol. The van der Waals surface area contributed by atoms with E-state index in [0.717, 1.165) is 10.9 Å². The largest absolute Gasteiger partial charge is 0.481 e. The van der Waals surface area contributed by atoms with E-state index < -0.39 is 11.9 Å². The van der Waals surface area contributed by atoms with Gasteiger partial charge in [-0.15, -0.1) is 0 Å². The van der Waals surface area contributed by atoms with Gasteiger partial charge < -0.3 is 5.11 Å². The van der Waals surface area contributed by atoms with Crippen molar-refractivity contribution in [1.29, 1.82) is 0 Å². The number of aromatic amines is 1. The van der Waals surface area contributed by atoms with Crippen LogP contribution in [0.15, 0.2) is 24.4 Å². The molecule has 0 aliphatic heterocycles. The normalized spacial score (nSPS) is 12.5. The van der Waals surface area contributed by atoms with Crippen molar-refractivity contribution in [3.63, 3.8) is 0 Å². The lowest BCUT2D eigenvalue weighted by atomic mass is 9.95. The lowest BCUT2D eigenvalue weighted by Gasteiger charge is -2.08. The maximum atomic E-state index is 12.0. The summed E-state index contributed by atoms with van der Waals surface area (Å²) in [4.78, 5) is 22.9. The van der Waals surface area contributed by atoms with Crippen LogP contribution < -0.4 is 0 Å². The highest BCUT2D eigenvalue weighted by atomic mass is 16.4. The van der Waals surface area contributed by atoms with E-state index >= 15 is 0 Å². The smallest absolute Gasteiger partial charge is 0.314 e. The molecule has 0 aliphatic carbocycles. The third-order valence-corrected chi connectivity index (χ3v) is 2.75. The van der Waals surface area contributed by atoms with Crippen molar-refractivity contribution in [3.8, 4) is 0 Å². The van der Waals surface area contributed by atoms with Gasteiger partial charge in [0.05, 0.1) is 11.7 Å². The zero-order chi connectivity index (χ0) is 12.4. The first-order valence-electron chi connectivity index (χ1n) is 5.33. The minimum atomic E-state index is -1.08. The first kappa shape index (κ1) is 11.3. The molecule has 0 fully saturated rings. The van der Waals surface area contributed by atoms with E-state index in [0.29, 0.717) is 5.56 Å². The maximum Gasteiger partial charge on any atom is 0.314 e. The van der Waals surface area contributed by atoms with Crippen LogP contribution in [0.3, 0.4) is 0 Å². The lowest BCUT2D eigenvalue weighted by Crippen LogP contribution is -2.23. The highest BCUT2D eigenvalue weighted by Gasteiger charge is 2.25. The van der Waals surface area contributed by atoms with Crippen LogP contribution >= 0.6 is 0 Å². The van der Waals surface area contributed by atoms with Crippen molar-refractivity contribution in [2.24, 2.45) is 5.92 Å². The maximum absolute atomic E-state index is 12.0. The molecule has 0 spiro atoms. The van der Waals surface area contributed by atoms with Gasteiger partial charge in [-0.3, -0.25) is 14.7 Å². The average Bonchev–Trinajstić information content (AvgIpc) is 2.75. The summed E-state index contributed by atoms with van der Waals surface area (Å²) >= 11 is 0. The molecule has 0 aliphatic rings. The fraction of sp³-hybridized carbons (Fsp3) is 0.250. The Labute approximate surface area is 97.5 Å². The highest BCUT2D eigenvalue weighted by Crippen LogP contribution is 2.17. The van der Waals surface area contributed by atoms with Gasteiger partial charge in [0, 0.05) is 10.9 Å². The number of carboxylic acids is 1. The number of nitrogens with zero attached hydrogens (tertiary/aromatic N) is 1. The summed E-state index contributed by atoms with van der Waals surface area (Å²) < 4.78 is 0. The number of rotatable bonds is 4. The van der Waals surface area contributed by atoms with Crippen molar-refractivity contribution in [2.75, 3.05) is 0 Å². The summed E-state index contributed by atoms with van der Waals surface area (Å²) in [5.41, 5.74) is 1.23. The number of hydrogen-bond donors (Lipinski definition) is 2. The van der Waals surface area contributed by atoms with E-state index in [1.165, 1.54) is 0 Å². The van der Waals surface area contributed by atoms with Crippen LogP contribution in [0, 0.1) is 5.92 Å². The zero-order valence-corrected chi connectivity index (χ0v) is 9.30. The third kappa shape index (κ3) is 2.04. The van der Waals surface area contributed by atoms with Crippen molar-refractivity contribution in [2.45, 2.75) is 13.3 Å². The highest BCUT2D eigenvalue weighted by molar-refractivity contribution is 6.09. The Morgan fingerprint density at radius 1 is 1.47 bits per heavy atom. The summed E-state index contributed by atoms with van der Waals surface area (Å²) in [5.74, 6) is -2.41. The molecule has 88 valence electrons. The summed E-state index contributed by atoms with van der Waals surface area (Å²) in [6.45, 7) is 1.69. The molecule has 17 heavy (non-hydrogen) atoms. The average molecular weight is 232 g/mol. The van der Waals surface area contributed by atoms with Crippen molar-refractivity contribution in [1.82, 2.24) is 10.2 Å². The fourth-order valence-electron chi connectivity index (χ4n) is 1.77. The van der Waals surface area contributed by atoms with E-state index in [1.54, 1.807) is 31.3 Å². The molecule has 0 bridgehead atoms. The van der Waals surface area contributed by atoms with Gasteiger partial charge >= 0.3 is 5.97 Å². The molecule has 2 aromatic rings. The Hall–Kier alpha value is -2.17. The molecule has 2 rings (SSSR count). The molecule has 0 amide bonds. The van der Waals surface area contributed by atoms with E-state index in [2.05, 4.69) is 10.2 Å². The van der Waals surface area contributed by atoms with Gasteiger partial charge in [-0.1, -0.05) is 6.92 Å². The van der Waals surface area contributed by atoms with Gasteiger partial charge in [0.2, 0.25) is 0 Å². The summed E-state index contributed by atoms with van der Waals surface area (Å²) in [7, 11) is 0. The zero-order valence-electron chi connectivity index (χ0n) is 9.30. The van der Waals surface area contributed by atoms with Crippen LogP contribution in [0.2, 0.25) is 0 Å². The van der Waals surface area contributed by atoms with Crippen molar-refractivity contribution < 1.29 is 14.7 Å². The lowest BCUT2D eigenvalue weighted by molar-refractivity contribution is -0.140. The molecular formula is C12H12N2O3. The van der Waals surface area contributed by atoms with Crippen LogP contribution in [0.4, 0.5) is 0 Å². The number of aromatic nitrogens is 2. The van der Waals surface area contributed by atoms with E-state index in [1.807, 2.05) is 0 Å². The predicted octanol–water partition coefficient (Wildman–Crippen LogP) is 1.86. The molecule has 1 atom stereocenters. The second-order valence-corrected chi connectivity index (χ2v) is 3.84.